The van der Waals surface area contributed by atoms with Gasteiger partial charge in [-0.15, -0.1) is 0 Å². The first kappa shape index (κ1) is 11.7. The predicted molar refractivity (Wildman–Crippen MR) is 58.8 cm³/mol. The highest BCUT2D eigenvalue weighted by Crippen LogP contribution is 2.29. The molecule has 1 aromatic rings. The van der Waals surface area contributed by atoms with Crippen LogP contribution in [0.5, 0.6) is 5.75 Å². The molecule has 0 amide bonds. The van der Waals surface area contributed by atoms with Gasteiger partial charge in [-0.05, 0) is 28.1 Å². The molecule has 76 valence electrons. The maximum atomic E-state index is 13.2. The number of methoxy groups -OCH3 is 1. The molecule has 0 fully saturated rings. The van der Waals surface area contributed by atoms with Crippen molar-refractivity contribution >= 4 is 37.6 Å². The summed E-state index contributed by atoms with van der Waals surface area (Å²) < 4.78 is 18.4. The fraction of sp³-hybridized carbons (Fsp3) is 0.222. The molecule has 0 heterocycles. The van der Waals surface area contributed by atoms with Gasteiger partial charge in [-0.25, -0.2) is 4.39 Å². The van der Waals surface area contributed by atoms with Crippen LogP contribution in [0.3, 0.4) is 0 Å². The van der Waals surface area contributed by atoms with E-state index >= 15 is 0 Å². The summed E-state index contributed by atoms with van der Waals surface area (Å²) in [7, 11) is 1.42. The number of halogens is 3. The second-order valence-electron chi connectivity index (χ2n) is 2.53. The topological polar surface area (TPSA) is 26.3 Å². The van der Waals surface area contributed by atoms with Gasteiger partial charge in [0.15, 0.2) is 5.78 Å². The summed E-state index contributed by atoms with van der Waals surface area (Å²) >= 11 is 6.04. The zero-order valence-electron chi connectivity index (χ0n) is 7.31. The van der Waals surface area contributed by atoms with Gasteiger partial charge in [0.25, 0.3) is 0 Å². The lowest BCUT2D eigenvalue weighted by molar-refractivity contribution is 0.102. The Hall–Kier alpha value is -0.420. The number of hydrogen-bond donors (Lipinski definition) is 0. The molecule has 0 aromatic heterocycles. The summed E-state index contributed by atoms with van der Waals surface area (Å²) in [6.07, 6.45) is 0. The van der Waals surface area contributed by atoms with E-state index in [9.17, 15) is 9.18 Å². The van der Waals surface area contributed by atoms with E-state index in [4.69, 9.17) is 4.74 Å². The molecule has 0 aliphatic rings. The largest absolute Gasteiger partial charge is 0.495 e. The number of Topliss-reactive ketones (excluding diaryl/α,β-unsaturated/α-hetero) is 1. The Kier molecular flexibility index (Phi) is 4.07. The molecular weight excluding hydrogens is 319 g/mol. The van der Waals surface area contributed by atoms with Crippen molar-refractivity contribution in [2.24, 2.45) is 0 Å². The first-order valence-corrected chi connectivity index (χ1v) is 5.63. The zero-order valence-corrected chi connectivity index (χ0v) is 10.5. The molecule has 1 rings (SSSR count). The molecule has 14 heavy (non-hydrogen) atoms. The SMILES string of the molecule is COc1cc(C(=O)CBr)cc(F)c1Br. The van der Waals surface area contributed by atoms with Gasteiger partial charge in [0, 0.05) is 5.56 Å². The van der Waals surface area contributed by atoms with Crippen LogP contribution in [-0.4, -0.2) is 18.2 Å². The summed E-state index contributed by atoms with van der Waals surface area (Å²) in [4.78, 5) is 11.3. The van der Waals surface area contributed by atoms with Crippen LogP contribution in [0.25, 0.3) is 0 Å². The summed E-state index contributed by atoms with van der Waals surface area (Å²) in [6.45, 7) is 0. The fourth-order valence-corrected chi connectivity index (χ4v) is 1.67. The highest BCUT2D eigenvalue weighted by atomic mass is 79.9. The minimum Gasteiger partial charge on any atom is -0.495 e. The van der Waals surface area contributed by atoms with Crippen LogP contribution in [0.15, 0.2) is 16.6 Å². The molecule has 0 radical (unpaired) electrons. The molecule has 0 saturated heterocycles. The van der Waals surface area contributed by atoms with Crippen molar-refractivity contribution in [1.82, 2.24) is 0 Å². The second-order valence-corrected chi connectivity index (χ2v) is 3.88. The normalized spacial score (nSPS) is 10.0. The average Bonchev–Trinajstić information content (AvgIpc) is 2.20. The number of carbonyl (C=O) groups excluding carboxylic acids is 1. The van der Waals surface area contributed by atoms with Gasteiger partial charge in [0.05, 0.1) is 16.9 Å². The zero-order chi connectivity index (χ0) is 10.7. The Bertz CT molecular complexity index is 366. The van der Waals surface area contributed by atoms with Crippen molar-refractivity contribution in [2.45, 2.75) is 0 Å². The van der Waals surface area contributed by atoms with Crippen LogP contribution in [0.2, 0.25) is 0 Å². The third-order valence-corrected chi connectivity index (χ3v) is 2.94. The molecule has 5 heteroatoms. The molecule has 1 aromatic carbocycles. The summed E-state index contributed by atoms with van der Waals surface area (Å²) in [5.74, 6) is -0.377. The number of alkyl halides is 1. The van der Waals surface area contributed by atoms with Gasteiger partial charge in [0.1, 0.15) is 11.6 Å². The Morgan fingerprint density at radius 2 is 2.21 bits per heavy atom. The number of benzene rings is 1. The van der Waals surface area contributed by atoms with Crippen molar-refractivity contribution in [1.29, 1.82) is 0 Å². The standard InChI is InChI=1S/C9H7Br2FO2/c1-14-8-3-5(7(13)4-10)2-6(12)9(8)11/h2-3H,4H2,1H3. The molecule has 0 spiro atoms. The molecule has 2 nitrogen and oxygen atoms in total. The first-order chi connectivity index (χ1) is 6.60. The Labute approximate surface area is 97.7 Å². The first-order valence-electron chi connectivity index (χ1n) is 3.72. The molecule has 0 N–H and O–H groups in total. The molecule has 0 aliphatic carbocycles. The lowest BCUT2D eigenvalue weighted by Gasteiger charge is -2.06. The molecule has 0 atom stereocenters. The monoisotopic (exact) mass is 324 g/mol. The number of hydrogen-bond acceptors (Lipinski definition) is 2. The maximum Gasteiger partial charge on any atom is 0.173 e. The fourth-order valence-electron chi connectivity index (χ4n) is 0.951. The van der Waals surface area contributed by atoms with Crippen molar-refractivity contribution < 1.29 is 13.9 Å². The van der Waals surface area contributed by atoms with Gasteiger partial charge in [0.2, 0.25) is 0 Å². The van der Waals surface area contributed by atoms with Gasteiger partial charge < -0.3 is 4.74 Å². The van der Waals surface area contributed by atoms with E-state index in [0.29, 0.717) is 11.3 Å². The minimum atomic E-state index is -0.506. The van der Waals surface area contributed by atoms with Gasteiger partial charge in [-0.3, -0.25) is 4.79 Å². The lowest BCUT2D eigenvalue weighted by atomic mass is 10.1. The van der Waals surface area contributed by atoms with Gasteiger partial charge >= 0.3 is 0 Å². The van der Waals surface area contributed by atoms with Crippen molar-refractivity contribution in [3.8, 4) is 5.75 Å². The number of ether oxygens (including phenoxy) is 1. The van der Waals surface area contributed by atoms with Crippen molar-refractivity contribution in [3.05, 3.63) is 28.0 Å². The molecule has 0 unspecified atom stereocenters. The molecule has 0 saturated carbocycles. The van der Waals surface area contributed by atoms with Crippen molar-refractivity contribution in [2.75, 3.05) is 12.4 Å². The third-order valence-electron chi connectivity index (χ3n) is 1.66. The van der Waals surface area contributed by atoms with Crippen molar-refractivity contribution in [3.63, 3.8) is 0 Å². The van der Waals surface area contributed by atoms with E-state index < -0.39 is 5.82 Å². The quantitative estimate of drug-likeness (QED) is 0.630. The van der Waals surface area contributed by atoms with Crippen LogP contribution >= 0.6 is 31.9 Å². The minimum absolute atomic E-state index is 0.164. The Morgan fingerprint density at radius 3 is 2.71 bits per heavy atom. The van der Waals surface area contributed by atoms with Crippen LogP contribution < -0.4 is 4.74 Å². The Morgan fingerprint density at radius 1 is 1.57 bits per heavy atom. The summed E-state index contributed by atoms with van der Waals surface area (Å²) in [5.41, 5.74) is 0.291. The highest BCUT2D eigenvalue weighted by Gasteiger charge is 2.12. The van der Waals surface area contributed by atoms with Crippen LogP contribution in [0, 0.1) is 5.82 Å². The maximum absolute atomic E-state index is 13.2. The Balaban J connectivity index is 3.22. The summed E-state index contributed by atoms with van der Waals surface area (Å²) in [5, 5.41) is 0.164. The van der Waals surface area contributed by atoms with E-state index in [2.05, 4.69) is 31.9 Å². The van der Waals surface area contributed by atoms with Gasteiger partial charge in [-0.2, -0.15) is 0 Å². The average molecular weight is 326 g/mol. The number of ketones is 1. The second kappa shape index (κ2) is 4.89. The summed E-state index contributed by atoms with van der Waals surface area (Å²) in [6, 6.07) is 2.67. The van der Waals surface area contributed by atoms with Crippen LogP contribution in [0.4, 0.5) is 4.39 Å². The van der Waals surface area contributed by atoms with Gasteiger partial charge in [-0.1, -0.05) is 15.9 Å². The molecule has 0 aliphatic heterocycles. The lowest BCUT2D eigenvalue weighted by Crippen LogP contribution is -2.02. The van der Waals surface area contributed by atoms with E-state index in [1.807, 2.05) is 0 Å². The number of carbonyl (C=O) groups is 1. The number of rotatable bonds is 3. The highest BCUT2D eigenvalue weighted by molar-refractivity contribution is 9.10. The smallest absolute Gasteiger partial charge is 0.173 e. The molecular formula is C9H7Br2FO2. The van der Waals surface area contributed by atoms with E-state index in [1.165, 1.54) is 19.2 Å². The predicted octanol–water partition coefficient (Wildman–Crippen LogP) is 3.17. The van der Waals surface area contributed by atoms with Crippen LogP contribution in [0.1, 0.15) is 10.4 Å². The molecule has 0 bridgehead atoms. The van der Waals surface area contributed by atoms with E-state index in [0.717, 1.165) is 0 Å². The van der Waals surface area contributed by atoms with E-state index in [-0.39, 0.29) is 15.6 Å². The van der Waals surface area contributed by atoms with Crippen LogP contribution in [-0.2, 0) is 0 Å². The third kappa shape index (κ3) is 2.33. The van der Waals surface area contributed by atoms with E-state index in [1.54, 1.807) is 0 Å².